The molecule has 0 atom stereocenters. The molecular weight excluding hydrogens is 228 g/mol. The smallest absolute Gasteiger partial charge is 0.220 e. The Morgan fingerprint density at radius 3 is 2.56 bits per heavy atom. The second-order valence-electron chi connectivity index (χ2n) is 5.02. The summed E-state index contributed by atoms with van der Waals surface area (Å²) in [5.41, 5.74) is 0.734. The maximum Gasteiger partial charge on any atom is 0.220 e. The van der Waals surface area contributed by atoms with Crippen LogP contribution in [0.25, 0.3) is 0 Å². The van der Waals surface area contributed by atoms with E-state index in [1.54, 1.807) is 13.0 Å². The number of aromatic hydroxyl groups is 1. The lowest BCUT2D eigenvalue weighted by atomic mass is 9.83. The highest BCUT2D eigenvalue weighted by Crippen LogP contribution is 2.27. The van der Waals surface area contributed by atoms with Crippen molar-refractivity contribution in [2.45, 2.75) is 39.0 Å². The van der Waals surface area contributed by atoms with Crippen molar-refractivity contribution < 1.29 is 9.90 Å². The molecule has 0 bridgehead atoms. The van der Waals surface area contributed by atoms with Crippen molar-refractivity contribution in [3.63, 3.8) is 0 Å². The van der Waals surface area contributed by atoms with Crippen molar-refractivity contribution in [1.82, 2.24) is 0 Å². The van der Waals surface area contributed by atoms with Crippen LogP contribution in [0, 0.1) is 12.8 Å². The Morgan fingerprint density at radius 2 is 1.89 bits per heavy atom. The largest absolute Gasteiger partial charge is 0.504 e. The molecule has 0 radical (unpaired) electrons. The zero-order valence-corrected chi connectivity index (χ0v) is 10.6. The average molecular weight is 246 g/mol. The minimum atomic E-state index is -0.484. The second-order valence-corrected chi connectivity index (χ2v) is 5.02. The molecule has 0 aromatic heterocycles. The fourth-order valence-corrected chi connectivity index (χ4v) is 2.54. The number of carbonyl (C=O) groups is 1. The van der Waals surface area contributed by atoms with Gasteiger partial charge in [-0.2, -0.15) is 0 Å². The first kappa shape index (κ1) is 12.8. The molecule has 0 spiro atoms. The van der Waals surface area contributed by atoms with Gasteiger partial charge in [0.15, 0.2) is 11.5 Å². The number of ketones is 1. The van der Waals surface area contributed by atoms with E-state index in [1.165, 1.54) is 18.6 Å². The van der Waals surface area contributed by atoms with Gasteiger partial charge in [-0.3, -0.25) is 9.59 Å². The third-order valence-corrected chi connectivity index (χ3v) is 3.69. The number of hydrogen-bond donors (Lipinski definition) is 1. The SMILES string of the molecule is Cc1ccc(O)c(=O)cc1C(=O)C1CCCCC1. The summed E-state index contributed by atoms with van der Waals surface area (Å²) in [5.74, 6) is -0.206. The first-order valence-electron chi connectivity index (χ1n) is 6.48. The van der Waals surface area contributed by atoms with Crippen LogP contribution in [0.1, 0.15) is 48.0 Å². The van der Waals surface area contributed by atoms with E-state index in [1.807, 2.05) is 0 Å². The van der Waals surface area contributed by atoms with Crippen LogP contribution in [0.4, 0.5) is 0 Å². The molecule has 1 aromatic rings. The fraction of sp³-hybridized carbons (Fsp3) is 0.467. The number of aryl methyl sites for hydroxylation is 1. The molecule has 0 unspecified atom stereocenters. The van der Waals surface area contributed by atoms with E-state index in [4.69, 9.17) is 0 Å². The number of carbonyl (C=O) groups excluding carboxylic acids is 1. The minimum Gasteiger partial charge on any atom is -0.504 e. The van der Waals surface area contributed by atoms with E-state index in [2.05, 4.69) is 0 Å². The van der Waals surface area contributed by atoms with Crippen molar-refractivity contribution in [2.24, 2.45) is 5.92 Å². The quantitative estimate of drug-likeness (QED) is 0.816. The van der Waals surface area contributed by atoms with E-state index in [0.717, 1.165) is 31.2 Å². The Morgan fingerprint density at radius 1 is 1.22 bits per heavy atom. The molecule has 96 valence electrons. The highest BCUT2D eigenvalue weighted by molar-refractivity contribution is 5.99. The summed E-state index contributed by atoms with van der Waals surface area (Å²) < 4.78 is 0. The summed E-state index contributed by atoms with van der Waals surface area (Å²) in [6.45, 7) is 1.80. The molecule has 0 amide bonds. The first-order chi connectivity index (χ1) is 8.59. The Labute approximate surface area is 106 Å². The molecule has 2 rings (SSSR count). The van der Waals surface area contributed by atoms with Crippen LogP contribution in [0.5, 0.6) is 5.75 Å². The molecule has 18 heavy (non-hydrogen) atoms. The van der Waals surface area contributed by atoms with E-state index in [9.17, 15) is 14.7 Å². The molecule has 3 nitrogen and oxygen atoms in total. The number of Topliss-reactive ketones (excluding diaryl/α,β-unsaturated/α-hetero) is 1. The lowest BCUT2D eigenvalue weighted by molar-refractivity contribution is 0.0889. The standard InChI is InChI=1S/C15H18O3/c1-10-7-8-13(16)14(17)9-12(10)15(18)11-5-3-2-4-6-11/h7-9,11H,2-6H2,1H3,(H,16,17). The topological polar surface area (TPSA) is 54.4 Å². The van der Waals surface area contributed by atoms with Gasteiger partial charge in [-0.05, 0) is 31.4 Å². The molecule has 1 aromatic carbocycles. The highest BCUT2D eigenvalue weighted by atomic mass is 16.3. The molecule has 0 aliphatic heterocycles. The van der Waals surface area contributed by atoms with Gasteiger partial charge in [0.1, 0.15) is 0 Å². The predicted octanol–water partition coefficient (Wildman–Crippen LogP) is 2.82. The minimum absolute atomic E-state index is 0.0430. The monoisotopic (exact) mass is 246 g/mol. The molecule has 1 N–H and O–H groups in total. The van der Waals surface area contributed by atoms with Gasteiger partial charge in [0.2, 0.25) is 5.43 Å². The maximum atomic E-state index is 12.4. The van der Waals surface area contributed by atoms with Crippen LogP contribution in [-0.4, -0.2) is 10.9 Å². The molecular formula is C15H18O3. The fourth-order valence-electron chi connectivity index (χ4n) is 2.54. The van der Waals surface area contributed by atoms with Gasteiger partial charge in [-0.15, -0.1) is 0 Å². The average Bonchev–Trinajstić information content (AvgIpc) is 2.52. The first-order valence-corrected chi connectivity index (χ1v) is 6.48. The van der Waals surface area contributed by atoms with Crippen molar-refractivity contribution in [3.05, 3.63) is 39.5 Å². The summed E-state index contributed by atoms with van der Waals surface area (Å²) in [7, 11) is 0. The van der Waals surface area contributed by atoms with Gasteiger partial charge in [0.25, 0.3) is 0 Å². The summed E-state index contributed by atoms with van der Waals surface area (Å²) in [5, 5.41) is 9.40. The third-order valence-electron chi connectivity index (χ3n) is 3.69. The van der Waals surface area contributed by atoms with Gasteiger partial charge < -0.3 is 5.11 Å². The van der Waals surface area contributed by atoms with Crippen LogP contribution in [0.2, 0.25) is 0 Å². The third kappa shape index (κ3) is 2.61. The van der Waals surface area contributed by atoms with Gasteiger partial charge in [-0.1, -0.05) is 25.3 Å². The Bertz CT molecular complexity index is 514. The van der Waals surface area contributed by atoms with E-state index < -0.39 is 5.43 Å². The van der Waals surface area contributed by atoms with Gasteiger partial charge >= 0.3 is 0 Å². The highest BCUT2D eigenvalue weighted by Gasteiger charge is 2.23. The van der Waals surface area contributed by atoms with Crippen LogP contribution in [-0.2, 0) is 0 Å². The maximum absolute atomic E-state index is 12.4. The van der Waals surface area contributed by atoms with Gasteiger partial charge in [-0.25, -0.2) is 0 Å². The Hall–Kier alpha value is -1.64. The lowest BCUT2D eigenvalue weighted by Crippen LogP contribution is -2.19. The predicted molar refractivity (Wildman–Crippen MR) is 70.0 cm³/mol. The van der Waals surface area contributed by atoms with Crippen molar-refractivity contribution in [2.75, 3.05) is 0 Å². The van der Waals surface area contributed by atoms with Crippen LogP contribution in [0.15, 0.2) is 23.0 Å². The molecule has 3 heteroatoms. The van der Waals surface area contributed by atoms with Crippen LogP contribution < -0.4 is 5.43 Å². The second kappa shape index (κ2) is 5.34. The van der Waals surface area contributed by atoms with E-state index in [0.29, 0.717) is 5.56 Å². The van der Waals surface area contributed by atoms with E-state index >= 15 is 0 Å². The number of hydrogen-bond acceptors (Lipinski definition) is 3. The molecule has 1 aliphatic carbocycles. The van der Waals surface area contributed by atoms with Crippen molar-refractivity contribution in [1.29, 1.82) is 0 Å². The molecule has 1 saturated carbocycles. The zero-order valence-electron chi connectivity index (χ0n) is 10.6. The van der Waals surface area contributed by atoms with Gasteiger partial charge in [0, 0.05) is 17.5 Å². The number of rotatable bonds is 2. The Kier molecular flexibility index (Phi) is 3.80. The summed E-state index contributed by atoms with van der Waals surface area (Å²) in [4.78, 5) is 24.0. The lowest BCUT2D eigenvalue weighted by Gasteiger charge is -2.20. The van der Waals surface area contributed by atoms with E-state index in [-0.39, 0.29) is 17.5 Å². The van der Waals surface area contributed by atoms with Crippen LogP contribution >= 0.6 is 0 Å². The summed E-state index contributed by atoms with van der Waals surface area (Å²) in [6.07, 6.45) is 5.20. The molecule has 0 heterocycles. The summed E-state index contributed by atoms with van der Waals surface area (Å²) >= 11 is 0. The van der Waals surface area contributed by atoms with Crippen molar-refractivity contribution in [3.8, 4) is 5.75 Å². The molecule has 1 fully saturated rings. The Balaban J connectivity index is 2.38. The molecule has 0 saturated heterocycles. The van der Waals surface area contributed by atoms with Crippen molar-refractivity contribution >= 4 is 5.78 Å². The van der Waals surface area contributed by atoms with Crippen LogP contribution in [0.3, 0.4) is 0 Å². The normalized spacial score (nSPS) is 16.5. The zero-order chi connectivity index (χ0) is 13.1. The summed E-state index contributed by atoms with van der Waals surface area (Å²) in [6, 6.07) is 4.27. The van der Waals surface area contributed by atoms with Gasteiger partial charge in [0.05, 0.1) is 0 Å². The molecule has 1 aliphatic rings.